The van der Waals surface area contributed by atoms with E-state index in [-0.39, 0.29) is 31.7 Å². The van der Waals surface area contributed by atoms with Gasteiger partial charge in [-0.05, 0) is 61.6 Å². The van der Waals surface area contributed by atoms with Gasteiger partial charge in [0.05, 0.1) is 25.9 Å². The smallest absolute Gasteiger partial charge is 0.336 e. The number of Topliss-reactive ketones (excluding diaryl/α,β-unsaturated/α-hetero) is 1. The van der Waals surface area contributed by atoms with Gasteiger partial charge in [-0.1, -0.05) is 12.1 Å². The molecule has 0 saturated carbocycles. The van der Waals surface area contributed by atoms with E-state index in [1.54, 1.807) is 14.2 Å². The van der Waals surface area contributed by atoms with Crippen LogP contribution in [0.25, 0.3) is 0 Å². The Morgan fingerprint density at radius 2 is 1.79 bits per heavy atom. The zero-order valence-electron chi connectivity index (χ0n) is 22.6. The fraction of sp³-hybridized carbons (Fsp3) is 0.400. The maximum absolute atomic E-state index is 13.9. The molecule has 3 aliphatic rings. The van der Waals surface area contributed by atoms with Crippen molar-refractivity contribution in [3.05, 3.63) is 70.1 Å². The number of rotatable bonds is 9. The molecule has 2 aliphatic heterocycles. The molecule has 0 saturated heterocycles. The summed E-state index contributed by atoms with van der Waals surface area (Å²) < 4.78 is 32.9. The average Bonchev–Trinajstić information content (AvgIpc) is 3.40. The van der Waals surface area contributed by atoms with Crippen molar-refractivity contribution >= 4 is 11.8 Å². The third-order valence-electron chi connectivity index (χ3n) is 7.26. The Hall–Kier alpha value is -3.98. The first-order chi connectivity index (χ1) is 18.9. The monoisotopic (exact) mass is 535 g/mol. The van der Waals surface area contributed by atoms with Gasteiger partial charge >= 0.3 is 5.97 Å². The van der Waals surface area contributed by atoms with Crippen LogP contribution in [0.1, 0.15) is 49.7 Å². The second-order valence-electron chi connectivity index (χ2n) is 9.60. The molecule has 9 heteroatoms. The molecule has 2 aromatic rings. The lowest BCUT2D eigenvalue weighted by Gasteiger charge is -2.36. The molecule has 1 N–H and O–H groups in total. The van der Waals surface area contributed by atoms with Crippen molar-refractivity contribution in [3.63, 3.8) is 0 Å². The van der Waals surface area contributed by atoms with E-state index in [1.165, 1.54) is 0 Å². The lowest BCUT2D eigenvalue weighted by atomic mass is 9.71. The quantitative estimate of drug-likeness (QED) is 0.370. The number of dihydropyridines is 1. The minimum atomic E-state index is -0.603. The molecule has 0 radical (unpaired) electrons. The molecule has 0 spiro atoms. The first kappa shape index (κ1) is 26.6. The van der Waals surface area contributed by atoms with Crippen LogP contribution in [-0.4, -0.2) is 52.6 Å². The molecular weight excluding hydrogens is 502 g/mol. The number of ketones is 1. The Kier molecular flexibility index (Phi) is 7.79. The number of ether oxygens (including phenoxy) is 6. The third kappa shape index (κ3) is 5.18. The van der Waals surface area contributed by atoms with Crippen molar-refractivity contribution in [2.75, 3.05) is 40.8 Å². The predicted molar refractivity (Wildman–Crippen MR) is 142 cm³/mol. The predicted octanol–water partition coefficient (Wildman–Crippen LogP) is 4.37. The van der Waals surface area contributed by atoms with Gasteiger partial charge in [-0.3, -0.25) is 4.79 Å². The van der Waals surface area contributed by atoms with Gasteiger partial charge in [0.2, 0.25) is 6.79 Å². The Labute approximate surface area is 227 Å². The maximum Gasteiger partial charge on any atom is 0.336 e. The van der Waals surface area contributed by atoms with Crippen molar-refractivity contribution in [2.45, 2.75) is 38.5 Å². The summed E-state index contributed by atoms with van der Waals surface area (Å²) in [7, 11) is 3.15. The normalized spacial score (nSPS) is 19.9. The minimum absolute atomic E-state index is 0.0287. The number of allylic oxidation sites excluding steroid dienone is 3. The molecule has 0 amide bonds. The highest BCUT2D eigenvalue weighted by molar-refractivity contribution is 6.04. The van der Waals surface area contributed by atoms with Crippen molar-refractivity contribution in [2.24, 2.45) is 0 Å². The molecule has 0 aromatic heterocycles. The number of nitrogens with one attached hydrogen (secondary N) is 1. The van der Waals surface area contributed by atoms with E-state index in [4.69, 9.17) is 28.4 Å². The van der Waals surface area contributed by atoms with E-state index in [0.717, 1.165) is 16.8 Å². The summed E-state index contributed by atoms with van der Waals surface area (Å²) in [6.45, 7) is 4.81. The summed E-state index contributed by atoms with van der Waals surface area (Å²) in [5.74, 6) is 1.33. The van der Waals surface area contributed by atoms with E-state index in [1.807, 2.05) is 50.2 Å². The second kappa shape index (κ2) is 11.4. The van der Waals surface area contributed by atoms with Gasteiger partial charge in [0.25, 0.3) is 0 Å². The summed E-state index contributed by atoms with van der Waals surface area (Å²) in [5.41, 5.74) is 4.18. The fourth-order valence-corrected chi connectivity index (χ4v) is 5.48. The minimum Gasteiger partial charge on any atom is -0.493 e. The Balaban J connectivity index is 1.52. The van der Waals surface area contributed by atoms with Gasteiger partial charge < -0.3 is 33.7 Å². The van der Waals surface area contributed by atoms with E-state index in [9.17, 15) is 9.59 Å². The zero-order valence-corrected chi connectivity index (χ0v) is 22.6. The van der Waals surface area contributed by atoms with Crippen molar-refractivity contribution < 1.29 is 38.0 Å². The first-order valence-corrected chi connectivity index (χ1v) is 13.1. The molecule has 0 fully saturated rings. The number of hydrogen-bond donors (Lipinski definition) is 1. The largest absolute Gasteiger partial charge is 0.493 e. The van der Waals surface area contributed by atoms with Crippen LogP contribution in [-0.2, 0) is 19.1 Å². The average molecular weight is 536 g/mol. The SMILES string of the molecule is CCOc1ccc(C2CC(=O)C3=C(C2)NC(C)=C(C(=O)OCCOC)C3c2ccc3c(c2)OCO3)cc1OC. The molecular formula is C30H33NO8. The van der Waals surface area contributed by atoms with E-state index >= 15 is 0 Å². The topological polar surface area (TPSA) is 102 Å². The Morgan fingerprint density at radius 3 is 2.56 bits per heavy atom. The number of benzene rings is 2. The van der Waals surface area contributed by atoms with Crippen molar-refractivity contribution in [3.8, 4) is 23.0 Å². The molecule has 2 atom stereocenters. The van der Waals surface area contributed by atoms with Crippen LogP contribution in [0.5, 0.6) is 23.0 Å². The van der Waals surface area contributed by atoms with Crippen LogP contribution in [0.4, 0.5) is 0 Å². The van der Waals surface area contributed by atoms with Crippen molar-refractivity contribution in [1.82, 2.24) is 5.32 Å². The molecule has 5 rings (SSSR count). The lowest BCUT2D eigenvalue weighted by Crippen LogP contribution is -2.36. The third-order valence-corrected chi connectivity index (χ3v) is 7.26. The van der Waals surface area contributed by atoms with Gasteiger partial charge in [-0.2, -0.15) is 0 Å². The van der Waals surface area contributed by atoms with Crippen LogP contribution < -0.4 is 24.3 Å². The molecule has 2 aromatic carbocycles. The van der Waals surface area contributed by atoms with Gasteiger partial charge in [0, 0.05) is 36.4 Å². The highest BCUT2D eigenvalue weighted by Crippen LogP contribution is 2.48. The first-order valence-electron chi connectivity index (χ1n) is 13.1. The van der Waals surface area contributed by atoms with Crippen LogP contribution >= 0.6 is 0 Å². The van der Waals surface area contributed by atoms with Gasteiger partial charge in [0.1, 0.15) is 6.61 Å². The molecule has 0 bridgehead atoms. The van der Waals surface area contributed by atoms with E-state index in [0.29, 0.717) is 59.3 Å². The van der Waals surface area contributed by atoms with Crippen LogP contribution in [0, 0.1) is 0 Å². The number of carbonyl (C=O) groups excluding carboxylic acids is 2. The highest BCUT2D eigenvalue weighted by Gasteiger charge is 2.42. The van der Waals surface area contributed by atoms with Gasteiger partial charge in [-0.25, -0.2) is 4.79 Å². The summed E-state index contributed by atoms with van der Waals surface area (Å²) in [4.78, 5) is 27.2. The number of hydrogen-bond acceptors (Lipinski definition) is 9. The number of carbonyl (C=O) groups is 2. The van der Waals surface area contributed by atoms with Crippen LogP contribution in [0.3, 0.4) is 0 Å². The van der Waals surface area contributed by atoms with Crippen LogP contribution in [0.2, 0.25) is 0 Å². The van der Waals surface area contributed by atoms with Crippen molar-refractivity contribution in [1.29, 1.82) is 0 Å². The lowest BCUT2D eigenvalue weighted by molar-refractivity contribution is -0.140. The number of esters is 1. The highest BCUT2D eigenvalue weighted by atomic mass is 16.7. The molecule has 1 aliphatic carbocycles. The zero-order chi connectivity index (χ0) is 27.5. The maximum atomic E-state index is 13.9. The summed E-state index contributed by atoms with van der Waals surface area (Å²) in [6, 6.07) is 11.3. The molecule has 2 heterocycles. The molecule has 9 nitrogen and oxygen atoms in total. The summed E-state index contributed by atoms with van der Waals surface area (Å²) in [5, 5.41) is 3.38. The van der Waals surface area contributed by atoms with Gasteiger partial charge in [-0.15, -0.1) is 0 Å². The number of methoxy groups -OCH3 is 2. The van der Waals surface area contributed by atoms with E-state index < -0.39 is 11.9 Å². The molecule has 2 unspecified atom stereocenters. The fourth-order valence-electron chi connectivity index (χ4n) is 5.48. The molecule has 206 valence electrons. The Bertz CT molecular complexity index is 1340. The summed E-state index contributed by atoms with van der Waals surface area (Å²) >= 11 is 0. The standard InChI is InChI=1S/C30H33NO8/c1-5-36-23-8-6-18(14-25(23)35-4)20-12-21-29(22(32)13-20)28(19-7-9-24-26(15-19)39-16-38-24)27(17(2)31-21)30(33)37-11-10-34-3/h6-9,14-15,20,28,31H,5,10-13,16H2,1-4H3. The number of fused-ring (bicyclic) bond motifs is 1. The van der Waals surface area contributed by atoms with Gasteiger partial charge in [0.15, 0.2) is 28.8 Å². The molecule has 39 heavy (non-hydrogen) atoms. The van der Waals surface area contributed by atoms with E-state index in [2.05, 4.69) is 5.32 Å². The second-order valence-corrected chi connectivity index (χ2v) is 9.60. The van der Waals surface area contributed by atoms with Crippen LogP contribution in [0.15, 0.2) is 58.9 Å². The Morgan fingerprint density at radius 1 is 1.00 bits per heavy atom. The summed E-state index contributed by atoms with van der Waals surface area (Å²) in [6.07, 6.45) is 0.895.